The number of hydrogen-bond acceptors (Lipinski definition) is 3. The van der Waals surface area contributed by atoms with Crippen LogP contribution in [0.25, 0.3) is 0 Å². The van der Waals surface area contributed by atoms with E-state index < -0.39 is 0 Å². The Labute approximate surface area is 160 Å². The van der Waals surface area contributed by atoms with E-state index in [0.717, 1.165) is 20.5 Å². The zero-order valence-electron chi connectivity index (χ0n) is 13.5. The van der Waals surface area contributed by atoms with Gasteiger partial charge >= 0.3 is 5.97 Å². The lowest BCUT2D eigenvalue weighted by Crippen LogP contribution is -2.14. The van der Waals surface area contributed by atoms with Crippen molar-refractivity contribution in [1.82, 2.24) is 0 Å². The highest BCUT2D eigenvalue weighted by Gasteiger charge is 2.18. The van der Waals surface area contributed by atoms with Gasteiger partial charge in [0, 0.05) is 9.37 Å². The molecule has 0 spiro atoms. The minimum atomic E-state index is -0.389. The Kier molecular flexibility index (Phi) is 6.31. The summed E-state index contributed by atoms with van der Waals surface area (Å²) < 4.78 is 6.82. The predicted molar refractivity (Wildman–Crippen MR) is 106 cm³/mol. The molecule has 0 unspecified atom stereocenters. The van der Waals surface area contributed by atoms with E-state index in [1.165, 1.54) is 11.8 Å². The van der Waals surface area contributed by atoms with E-state index in [0.29, 0.717) is 0 Å². The molecule has 0 aliphatic carbocycles. The van der Waals surface area contributed by atoms with Crippen molar-refractivity contribution in [3.8, 4) is 0 Å². The van der Waals surface area contributed by atoms with Crippen LogP contribution in [0.3, 0.4) is 0 Å². The minimum absolute atomic E-state index is 0.231. The maximum absolute atomic E-state index is 12.4. The number of carbonyl (C=O) groups excluding carboxylic acids is 1. The standard InChI is InChI=1S/C21H17BrO2S/c22-18-11-13-19(14-12-18)25-15-20(23)24-21(16-7-3-1-4-8-16)17-9-5-2-6-10-17/h1-14,21H,15H2. The van der Waals surface area contributed by atoms with Gasteiger partial charge in [-0.15, -0.1) is 11.8 Å². The highest BCUT2D eigenvalue weighted by atomic mass is 79.9. The molecule has 0 amide bonds. The lowest BCUT2D eigenvalue weighted by molar-refractivity contribution is -0.144. The number of ether oxygens (including phenoxy) is 1. The zero-order valence-corrected chi connectivity index (χ0v) is 15.9. The second-order valence-corrected chi connectivity index (χ2v) is 7.40. The molecule has 3 rings (SSSR count). The molecule has 0 aliphatic rings. The van der Waals surface area contributed by atoms with Crippen LogP contribution in [0.4, 0.5) is 0 Å². The van der Waals surface area contributed by atoms with Gasteiger partial charge in [-0.25, -0.2) is 0 Å². The number of hydrogen-bond donors (Lipinski definition) is 0. The molecule has 0 bridgehead atoms. The zero-order chi connectivity index (χ0) is 17.5. The average molecular weight is 413 g/mol. The van der Waals surface area contributed by atoms with Gasteiger partial charge in [0.25, 0.3) is 0 Å². The van der Waals surface area contributed by atoms with Crippen LogP contribution in [0.15, 0.2) is 94.3 Å². The van der Waals surface area contributed by atoms with Crippen LogP contribution in [0.5, 0.6) is 0 Å². The van der Waals surface area contributed by atoms with Crippen LogP contribution >= 0.6 is 27.7 Å². The van der Waals surface area contributed by atoms with Crippen LogP contribution in [0.1, 0.15) is 17.2 Å². The van der Waals surface area contributed by atoms with Gasteiger partial charge in [-0.1, -0.05) is 76.6 Å². The number of rotatable bonds is 6. The van der Waals surface area contributed by atoms with Crippen molar-refractivity contribution in [3.05, 3.63) is 101 Å². The summed E-state index contributed by atoms with van der Waals surface area (Å²) in [4.78, 5) is 13.4. The fourth-order valence-electron chi connectivity index (χ4n) is 2.42. The molecule has 4 heteroatoms. The molecule has 0 heterocycles. The number of carbonyl (C=O) groups is 1. The Bertz CT molecular complexity index is 765. The second-order valence-electron chi connectivity index (χ2n) is 5.43. The van der Waals surface area contributed by atoms with E-state index in [2.05, 4.69) is 15.9 Å². The van der Waals surface area contributed by atoms with Crippen molar-refractivity contribution in [2.75, 3.05) is 5.75 Å². The lowest BCUT2D eigenvalue weighted by Gasteiger charge is -2.19. The van der Waals surface area contributed by atoms with Crippen molar-refractivity contribution in [2.24, 2.45) is 0 Å². The summed E-state index contributed by atoms with van der Waals surface area (Å²) >= 11 is 4.88. The van der Waals surface area contributed by atoms with E-state index in [1.54, 1.807) is 0 Å². The summed E-state index contributed by atoms with van der Waals surface area (Å²) in [7, 11) is 0. The summed E-state index contributed by atoms with van der Waals surface area (Å²) in [6, 6.07) is 27.5. The molecule has 0 saturated carbocycles. The van der Waals surface area contributed by atoms with Gasteiger partial charge in [0.15, 0.2) is 6.10 Å². The largest absolute Gasteiger partial charge is 0.452 e. The molecule has 3 aromatic rings. The van der Waals surface area contributed by atoms with Gasteiger partial charge in [-0.05, 0) is 35.4 Å². The van der Waals surface area contributed by atoms with Crippen LogP contribution < -0.4 is 0 Å². The number of benzene rings is 3. The van der Waals surface area contributed by atoms with E-state index in [4.69, 9.17) is 4.74 Å². The number of thioether (sulfide) groups is 1. The van der Waals surface area contributed by atoms with Crippen molar-refractivity contribution in [3.63, 3.8) is 0 Å². The van der Waals surface area contributed by atoms with Crippen LogP contribution in [-0.2, 0) is 9.53 Å². The monoisotopic (exact) mass is 412 g/mol. The molecular weight excluding hydrogens is 396 g/mol. The van der Waals surface area contributed by atoms with Crippen LogP contribution in [0.2, 0.25) is 0 Å². The fourth-order valence-corrected chi connectivity index (χ4v) is 3.37. The maximum atomic E-state index is 12.4. The van der Waals surface area contributed by atoms with E-state index in [9.17, 15) is 4.79 Å². The minimum Gasteiger partial charge on any atom is -0.452 e. The van der Waals surface area contributed by atoms with Gasteiger partial charge < -0.3 is 4.74 Å². The topological polar surface area (TPSA) is 26.3 Å². The molecule has 3 aromatic carbocycles. The third kappa shape index (κ3) is 5.21. The smallest absolute Gasteiger partial charge is 0.317 e. The average Bonchev–Trinajstić information content (AvgIpc) is 2.67. The van der Waals surface area contributed by atoms with E-state index in [1.807, 2.05) is 84.9 Å². The van der Waals surface area contributed by atoms with Crippen molar-refractivity contribution in [1.29, 1.82) is 0 Å². The van der Waals surface area contributed by atoms with E-state index >= 15 is 0 Å². The SMILES string of the molecule is O=C(CSc1ccc(Br)cc1)OC(c1ccccc1)c1ccccc1. The Morgan fingerprint density at radius 1 is 0.840 bits per heavy atom. The predicted octanol–water partition coefficient (Wildman–Crippen LogP) is 5.87. The summed E-state index contributed by atoms with van der Waals surface area (Å²) in [5.41, 5.74) is 1.94. The first-order chi connectivity index (χ1) is 12.2. The maximum Gasteiger partial charge on any atom is 0.317 e. The normalized spacial score (nSPS) is 10.6. The molecule has 0 aromatic heterocycles. The summed E-state index contributed by atoms with van der Waals surface area (Å²) in [5, 5.41) is 0. The lowest BCUT2D eigenvalue weighted by atomic mass is 10.0. The Morgan fingerprint density at radius 3 is 1.88 bits per heavy atom. The quantitative estimate of drug-likeness (QED) is 0.373. The third-order valence-electron chi connectivity index (χ3n) is 3.62. The van der Waals surface area contributed by atoms with Gasteiger partial charge in [0.05, 0.1) is 5.75 Å². The Hall–Kier alpha value is -2.04. The first-order valence-electron chi connectivity index (χ1n) is 7.90. The summed E-state index contributed by atoms with van der Waals surface area (Å²) in [6.45, 7) is 0. The van der Waals surface area contributed by atoms with Gasteiger partial charge in [0.2, 0.25) is 0 Å². The Morgan fingerprint density at radius 2 is 1.36 bits per heavy atom. The second kappa shape index (κ2) is 8.88. The first kappa shape index (κ1) is 17.8. The van der Waals surface area contributed by atoms with Gasteiger partial charge in [0.1, 0.15) is 0 Å². The summed E-state index contributed by atoms with van der Waals surface area (Å²) in [5.74, 6) is 0.0447. The van der Waals surface area contributed by atoms with E-state index in [-0.39, 0.29) is 17.8 Å². The highest BCUT2D eigenvalue weighted by Crippen LogP contribution is 2.27. The molecule has 126 valence electrons. The number of esters is 1. The van der Waals surface area contributed by atoms with Gasteiger partial charge in [-0.3, -0.25) is 4.79 Å². The number of halogens is 1. The fraction of sp³-hybridized carbons (Fsp3) is 0.0952. The van der Waals surface area contributed by atoms with Crippen molar-refractivity contribution >= 4 is 33.7 Å². The molecule has 0 N–H and O–H groups in total. The third-order valence-corrected chi connectivity index (χ3v) is 5.14. The van der Waals surface area contributed by atoms with Gasteiger partial charge in [-0.2, -0.15) is 0 Å². The van der Waals surface area contributed by atoms with Crippen molar-refractivity contribution < 1.29 is 9.53 Å². The molecule has 0 saturated heterocycles. The molecule has 0 aliphatic heterocycles. The molecule has 0 fully saturated rings. The molecule has 0 atom stereocenters. The molecule has 25 heavy (non-hydrogen) atoms. The van der Waals surface area contributed by atoms with Crippen LogP contribution in [-0.4, -0.2) is 11.7 Å². The molecular formula is C21H17BrO2S. The van der Waals surface area contributed by atoms with Crippen LogP contribution in [0, 0.1) is 0 Å². The Balaban J connectivity index is 1.69. The highest BCUT2D eigenvalue weighted by molar-refractivity contribution is 9.10. The molecule has 2 nitrogen and oxygen atoms in total. The first-order valence-corrected chi connectivity index (χ1v) is 9.68. The molecule has 0 radical (unpaired) electrons. The van der Waals surface area contributed by atoms with Crippen molar-refractivity contribution in [2.45, 2.75) is 11.0 Å². The summed E-state index contributed by atoms with van der Waals surface area (Å²) in [6.07, 6.45) is -0.389.